The second kappa shape index (κ2) is 8.67. The zero-order valence-corrected chi connectivity index (χ0v) is 13.6. The average molecular weight is 330 g/mol. The van der Waals surface area contributed by atoms with Crippen LogP contribution in [0, 0.1) is 12.7 Å². The Balaban J connectivity index is 1.78. The Morgan fingerprint density at radius 3 is 2.67 bits per heavy atom. The molecule has 0 spiro atoms. The molecule has 2 aromatic rings. The van der Waals surface area contributed by atoms with Gasteiger partial charge < -0.3 is 14.9 Å². The molecule has 0 aliphatic carbocycles. The molecule has 6 heteroatoms. The van der Waals surface area contributed by atoms with Crippen molar-refractivity contribution in [2.45, 2.75) is 13.8 Å². The minimum Gasteiger partial charge on any atom is -0.494 e. The van der Waals surface area contributed by atoms with E-state index in [9.17, 15) is 9.18 Å². The first kappa shape index (κ1) is 17.5. The van der Waals surface area contributed by atoms with Gasteiger partial charge in [0.05, 0.1) is 12.8 Å². The van der Waals surface area contributed by atoms with Crippen molar-refractivity contribution in [2.75, 3.05) is 18.5 Å². The number of oxime groups is 1. The Morgan fingerprint density at radius 2 is 2.00 bits per heavy atom. The molecule has 0 aliphatic heterocycles. The lowest BCUT2D eigenvalue weighted by Crippen LogP contribution is -2.17. The molecule has 0 heterocycles. The molecule has 0 bridgehead atoms. The number of halogens is 1. The molecular weight excluding hydrogens is 311 g/mol. The standard InChI is InChI=1S/C18H19FN2O3/c1-3-23-16-8-5-14(6-9-16)11-20-24-12-18(22)21-15-7-4-13(2)17(19)10-15/h4-11H,3,12H2,1-2H3,(H,21,22)/b20-11-. The summed E-state index contributed by atoms with van der Waals surface area (Å²) in [6.07, 6.45) is 1.49. The molecule has 0 radical (unpaired) electrons. The zero-order chi connectivity index (χ0) is 17.4. The first-order chi connectivity index (χ1) is 11.6. The number of ether oxygens (including phenoxy) is 1. The van der Waals surface area contributed by atoms with Gasteiger partial charge in [-0.2, -0.15) is 0 Å². The predicted molar refractivity (Wildman–Crippen MR) is 90.9 cm³/mol. The van der Waals surface area contributed by atoms with Gasteiger partial charge in [0.1, 0.15) is 11.6 Å². The molecule has 0 aliphatic rings. The monoisotopic (exact) mass is 330 g/mol. The van der Waals surface area contributed by atoms with Gasteiger partial charge in [-0.15, -0.1) is 0 Å². The third-order valence-electron chi connectivity index (χ3n) is 3.12. The highest BCUT2D eigenvalue weighted by molar-refractivity contribution is 5.91. The van der Waals surface area contributed by atoms with Crippen LogP contribution in [-0.4, -0.2) is 25.3 Å². The van der Waals surface area contributed by atoms with E-state index >= 15 is 0 Å². The Kier molecular flexibility index (Phi) is 6.31. The topological polar surface area (TPSA) is 59.9 Å². The van der Waals surface area contributed by atoms with Crippen LogP contribution in [0.3, 0.4) is 0 Å². The summed E-state index contributed by atoms with van der Waals surface area (Å²) in [6.45, 7) is 3.92. The Labute approximate surface area is 140 Å². The Hall–Kier alpha value is -2.89. The minimum atomic E-state index is -0.415. The molecule has 2 aromatic carbocycles. The normalized spacial score (nSPS) is 10.6. The van der Waals surface area contributed by atoms with E-state index < -0.39 is 5.91 Å². The lowest BCUT2D eigenvalue weighted by molar-refractivity contribution is -0.120. The van der Waals surface area contributed by atoms with E-state index in [0.717, 1.165) is 11.3 Å². The summed E-state index contributed by atoms with van der Waals surface area (Å²) in [5, 5.41) is 6.27. The van der Waals surface area contributed by atoms with Crippen molar-refractivity contribution in [1.29, 1.82) is 0 Å². The van der Waals surface area contributed by atoms with Crippen molar-refractivity contribution in [1.82, 2.24) is 0 Å². The molecular formula is C18H19FN2O3. The number of hydrogen-bond donors (Lipinski definition) is 1. The highest BCUT2D eigenvalue weighted by Gasteiger charge is 2.04. The third-order valence-corrected chi connectivity index (χ3v) is 3.12. The zero-order valence-electron chi connectivity index (χ0n) is 13.6. The molecule has 0 fully saturated rings. The van der Waals surface area contributed by atoms with Crippen molar-refractivity contribution in [3.63, 3.8) is 0 Å². The number of carbonyl (C=O) groups excluding carboxylic acids is 1. The maximum atomic E-state index is 13.4. The van der Waals surface area contributed by atoms with Gasteiger partial charge in [-0.3, -0.25) is 4.79 Å². The van der Waals surface area contributed by atoms with E-state index in [1.807, 2.05) is 31.2 Å². The van der Waals surface area contributed by atoms with E-state index in [2.05, 4.69) is 10.5 Å². The van der Waals surface area contributed by atoms with Crippen LogP contribution in [0.25, 0.3) is 0 Å². The van der Waals surface area contributed by atoms with Gasteiger partial charge >= 0.3 is 0 Å². The number of nitrogens with one attached hydrogen (secondary N) is 1. The number of nitrogens with zero attached hydrogens (tertiary/aromatic N) is 1. The molecule has 1 N–H and O–H groups in total. The Morgan fingerprint density at radius 1 is 1.25 bits per heavy atom. The number of hydrogen-bond acceptors (Lipinski definition) is 4. The van der Waals surface area contributed by atoms with Crippen LogP contribution in [0.15, 0.2) is 47.6 Å². The summed E-state index contributed by atoms with van der Waals surface area (Å²) in [5.74, 6) is -0.00962. The van der Waals surface area contributed by atoms with E-state index in [4.69, 9.17) is 9.57 Å². The van der Waals surface area contributed by atoms with Crippen molar-refractivity contribution >= 4 is 17.8 Å². The van der Waals surface area contributed by atoms with E-state index in [1.165, 1.54) is 12.3 Å². The van der Waals surface area contributed by atoms with Gasteiger partial charge in [-0.25, -0.2) is 4.39 Å². The van der Waals surface area contributed by atoms with Crippen LogP contribution in [-0.2, 0) is 9.63 Å². The lowest BCUT2D eigenvalue weighted by atomic mass is 10.2. The van der Waals surface area contributed by atoms with Crippen LogP contribution in [0.4, 0.5) is 10.1 Å². The minimum absolute atomic E-state index is 0.261. The summed E-state index contributed by atoms with van der Waals surface area (Å²) in [4.78, 5) is 16.6. The molecule has 2 rings (SSSR count). The fourth-order valence-electron chi connectivity index (χ4n) is 1.88. The van der Waals surface area contributed by atoms with Crippen LogP contribution in [0.2, 0.25) is 0 Å². The maximum Gasteiger partial charge on any atom is 0.265 e. The molecule has 126 valence electrons. The van der Waals surface area contributed by atoms with E-state index in [1.54, 1.807) is 19.1 Å². The molecule has 0 saturated heterocycles. The number of carbonyl (C=O) groups is 1. The maximum absolute atomic E-state index is 13.4. The predicted octanol–water partition coefficient (Wildman–Crippen LogP) is 3.52. The van der Waals surface area contributed by atoms with Crippen molar-refractivity contribution in [2.24, 2.45) is 5.16 Å². The number of anilines is 1. The van der Waals surface area contributed by atoms with Crippen molar-refractivity contribution in [3.05, 3.63) is 59.4 Å². The Bertz CT molecular complexity index is 715. The van der Waals surface area contributed by atoms with Gasteiger partial charge in [-0.1, -0.05) is 11.2 Å². The smallest absolute Gasteiger partial charge is 0.265 e. The first-order valence-electron chi connectivity index (χ1n) is 7.52. The third kappa shape index (κ3) is 5.39. The van der Waals surface area contributed by atoms with Crippen LogP contribution >= 0.6 is 0 Å². The lowest BCUT2D eigenvalue weighted by Gasteiger charge is -2.05. The quantitative estimate of drug-likeness (QED) is 0.624. The highest BCUT2D eigenvalue weighted by Crippen LogP contribution is 2.13. The van der Waals surface area contributed by atoms with Crippen LogP contribution in [0.5, 0.6) is 5.75 Å². The highest BCUT2D eigenvalue weighted by atomic mass is 19.1. The van der Waals surface area contributed by atoms with Gasteiger partial charge in [-0.05, 0) is 61.4 Å². The van der Waals surface area contributed by atoms with Crippen LogP contribution in [0.1, 0.15) is 18.1 Å². The molecule has 5 nitrogen and oxygen atoms in total. The van der Waals surface area contributed by atoms with Gasteiger partial charge in [0, 0.05) is 5.69 Å². The molecule has 1 amide bonds. The van der Waals surface area contributed by atoms with Crippen molar-refractivity contribution < 1.29 is 18.8 Å². The first-order valence-corrected chi connectivity index (χ1v) is 7.52. The molecule has 0 unspecified atom stereocenters. The van der Waals surface area contributed by atoms with Crippen LogP contribution < -0.4 is 10.1 Å². The fraction of sp³-hybridized carbons (Fsp3) is 0.222. The number of amides is 1. The summed E-state index contributed by atoms with van der Waals surface area (Å²) in [7, 11) is 0. The molecule has 0 saturated carbocycles. The fourth-order valence-corrected chi connectivity index (χ4v) is 1.88. The SMILES string of the molecule is CCOc1ccc(/C=N\OCC(=O)Nc2ccc(C)c(F)c2)cc1. The number of rotatable bonds is 7. The van der Waals surface area contributed by atoms with Gasteiger partial charge in [0.25, 0.3) is 5.91 Å². The van der Waals surface area contributed by atoms with Crippen molar-refractivity contribution in [3.8, 4) is 5.75 Å². The largest absolute Gasteiger partial charge is 0.494 e. The molecule has 0 atom stereocenters. The summed E-state index contributed by atoms with van der Waals surface area (Å²) < 4.78 is 18.7. The van der Waals surface area contributed by atoms with E-state index in [0.29, 0.717) is 17.9 Å². The summed E-state index contributed by atoms with van der Waals surface area (Å²) in [6, 6.07) is 11.8. The van der Waals surface area contributed by atoms with Gasteiger partial charge in [0.15, 0.2) is 6.61 Å². The van der Waals surface area contributed by atoms with Gasteiger partial charge in [0.2, 0.25) is 0 Å². The average Bonchev–Trinajstić information content (AvgIpc) is 2.57. The van der Waals surface area contributed by atoms with E-state index in [-0.39, 0.29) is 12.4 Å². The number of benzene rings is 2. The molecule has 0 aromatic heterocycles. The summed E-state index contributed by atoms with van der Waals surface area (Å²) >= 11 is 0. The second-order valence-corrected chi connectivity index (χ2v) is 5.02. The second-order valence-electron chi connectivity index (χ2n) is 5.02. The molecule has 24 heavy (non-hydrogen) atoms. The number of aryl methyl sites for hydroxylation is 1. The summed E-state index contributed by atoms with van der Waals surface area (Å²) in [5.41, 5.74) is 1.71.